The normalized spacial score (nSPS) is 16.0. The van der Waals surface area contributed by atoms with E-state index in [0.717, 1.165) is 30.6 Å². The maximum absolute atomic E-state index is 12.3. The van der Waals surface area contributed by atoms with Crippen LogP contribution in [0.2, 0.25) is 0 Å². The number of hydrogen-bond donors (Lipinski definition) is 2. The summed E-state index contributed by atoms with van der Waals surface area (Å²) in [5.41, 5.74) is 7.11. The number of fused-ring (bicyclic) bond motifs is 1. The van der Waals surface area contributed by atoms with Gasteiger partial charge in [0.25, 0.3) is 5.91 Å². The first kappa shape index (κ1) is 18.5. The van der Waals surface area contributed by atoms with E-state index < -0.39 is 5.91 Å². The maximum Gasteiger partial charge on any atom is 0.251 e. The number of primary amides is 1. The fourth-order valence-corrected chi connectivity index (χ4v) is 4.66. The highest BCUT2D eigenvalue weighted by atomic mass is 32.1. The third-order valence-corrected chi connectivity index (χ3v) is 5.74. The number of nitrogens with two attached hydrogens (primary N) is 1. The van der Waals surface area contributed by atoms with Crippen LogP contribution in [-0.4, -0.2) is 18.4 Å². The van der Waals surface area contributed by atoms with Gasteiger partial charge in [-0.05, 0) is 49.3 Å². The van der Waals surface area contributed by atoms with E-state index in [-0.39, 0.29) is 5.91 Å². The predicted molar refractivity (Wildman–Crippen MR) is 104 cm³/mol. The first-order valence-electron chi connectivity index (χ1n) is 8.96. The minimum absolute atomic E-state index is 0.115. The molecule has 0 unspecified atom stereocenters. The van der Waals surface area contributed by atoms with Gasteiger partial charge in [-0.2, -0.15) is 0 Å². The van der Waals surface area contributed by atoms with Gasteiger partial charge in [0.2, 0.25) is 5.91 Å². The molecule has 2 aromatic rings. The van der Waals surface area contributed by atoms with E-state index >= 15 is 0 Å². The Morgan fingerprint density at radius 3 is 2.81 bits per heavy atom. The van der Waals surface area contributed by atoms with Gasteiger partial charge in [-0.3, -0.25) is 9.59 Å². The fraction of sp³-hybridized carbons (Fsp3) is 0.400. The number of rotatable bonds is 7. The van der Waals surface area contributed by atoms with Crippen molar-refractivity contribution in [1.29, 1.82) is 0 Å². The van der Waals surface area contributed by atoms with Crippen molar-refractivity contribution >= 4 is 28.2 Å². The fourth-order valence-electron chi connectivity index (χ4n) is 3.23. The van der Waals surface area contributed by atoms with Crippen molar-refractivity contribution in [2.75, 3.05) is 11.9 Å². The van der Waals surface area contributed by atoms with Gasteiger partial charge in [0.1, 0.15) is 10.8 Å². The molecular weight excluding hydrogens is 348 g/mol. The number of carbonyl (C=O) groups is 2. The average molecular weight is 372 g/mol. The monoisotopic (exact) mass is 372 g/mol. The first-order chi connectivity index (χ1) is 12.5. The van der Waals surface area contributed by atoms with Crippen LogP contribution in [-0.2, 0) is 17.6 Å². The van der Waals surface area contributed by atoms with Crippen LogP contribution in [0.15, 0.2) is 30.3 Å². The number of ether oxygens (including phenoxy) is 1. The Balaban J connectivity index is 1.56. The number of para-hydroxylation sites is 1. The molecule has 0 bridgehead atoms. The molecule has 0 fully saturated rings. The summed E-state index contributed by atoms with van der Waals surface area (Å²) in [6, 6.07) is 9.52. The van der Waals surface area contributed by atoms with Crippen LogP contribution in [0.25, 0.3) is 0 Å². The van der Waals surface area contributed by atoms with Gasteiger partial charge in [0.05, 0.1) is 12.2 Å². The Labute approximate surface area is 157 Å². The SMILES string of the molecule is C[C@@H]1CCc2c(sc(NC(=O)CCCOc3ccccc3)c2C(N)=O)C1. The van der Waals surface area contributed by atoms with Gasteiger partial charge in [-0.1, -0.05) is 25.1 Å². The van der Waals surface area contributed by atoms with Crippen LogP contribution in [0, 0.1) is 5.92 Å². The van der Waals surface area contributed by atoms with Crippen molar-refractivity contribution in [1.82, 2.24) is 0 Å². The van der Waals surface area contributed by atoms with Crippen molar-refractivity contribution in [3.8, 4) is 5.75 Å². The smallest absolute Gasteiger partial charge is 0.251 e. The minimum Gasteiger partial charge on any atom is -0.494 e. The standard InChI is InChI=1S/C20H24N2O3S/c1-13-9-10-15-16(12-13)26-20(18(15)19(21)24)22-17(23)8-5-11-25-14-6-3-2-4-7-14/h2-4,6-7,13H,5,8-12H2,1H3,(H2,21,24)(H,22,23)/t13-/m1/s1. The highest BCUT2D eigenvalue weighted by Crippen LogP contribution is 2.39. The number of amides is 2. The molecule has 1 aromatic heterocycles. The molecular formula is C20H24N2O3S. The number of nitrogens with one attached hydrogen (secondary N) is 1. The quantitative estimate of drug-likeness (QED) is 0.726. The van der Waals surface area contributed by atoms with Gasteiger partial charge in [-0.15, -0.1) is 11.3 Å². The number of carbonyl (C=O) groups excluding carboxylic acids is 2. The van der Waals surface area contributed by atoms with Crippen molar-refractivity contribution in [3.63, 3.8) is 0 Å². The van der Waals surface area contributed by atoms with Gasteiger partial charge in [0.15, 0.2) is 0 Å². The second kappa shape index (κ2) is 8.36. The molecule has 0 radical (unpaired) electrons. The third-order valence-electron chi connectivity index (χ3n) is 4.57. The molecule has 2 amide bonds. The van der Waals surface area contributed by atoms with Gasteiger partial charge >= 0.3 is 0 Å². The van der Waals surface area contributed by atoms with Crippen LogP contribution >= 0.6 is 11.3 Å². The van der Waals surface area contributed by atoms with Crippen molar-refractivity contribution in [3.05, 3.63) is 46.3 Å². The minimum atomic E-state index is -0.459. The number of hydrogen-bond acceptors (Lipinski definition) is 4. The zero-order valence-electron chi connectivity index (χ0n) is 14.9. The molecule has 0 saturated carbocycles. The lowest BCUT2D eigenvalue weighted by Gasteiger charge is -2.18. The Kier molecular flexibility index (Phi) is 5.93. The Morgan fingerprint density at radius 1 is 1.31 bits per heavy atom. The molecule has 5 nitrogen and oxygen atoms in total. The van der Waals surface area contributed by atoms with Crippen LogP contribution in [0.4, 0.5) is 5.00 Å². The Bertz CT molecular complexity index is 786. The molecule has 3 rings (SSSR count). The summed E-state index contributed by atoms with van der Waals surface area (Å²) in [6.07, 6.45) is 3.79. The van der Waals surface area contributed by atoms with E-state index in [4.69, 9.17) is 10.5 Å². The maximum atomic E-state index is 12.3. The predicted octanol–water partition coefficient (Wildman–Crippen LogP) is 3.77. The Morgan fingerprint density at radius 2 is 2.08 bits per heavy atom. The molecule has 3 N–H and O–H groups in total. The summed E-state index contributed by atoms with van der Waals surface area (Å²) < 4.78 is 5.60. The summed E-state index contributed by atoms with van der Waals surface area (Å²) >= 11 is 1.49. The molecule has 6 heteroatoms. The first-order valence-corrected chi connectivity index (χ1v) is 9.78. The number of benzene rings is 1. The van der Waals surface area contributed by atoms with Gasteiger partial charge < -0.3 is 15.8 Å². The van der Waals surface area contributed by atoms with E-state index in [1.807, 2.05) is 30.3 Å². The molecule has 0 aliphatic heterocycles. The molecule has 1 heterocycles. The van der Waals surface area contributed by atoms with E-state index in [9.17, 15) is 9.59 Å². The molecule has 26 heavy (non-hydrogen) atoms. The van der Waals surface area contributed by atoms with Crippen molar-refractivity contribution in [2.45, 2.75) is 39.0 Å². The number of anilines is 1. The van der Waals surface area contributed by atoms with E-state index in [1.54, 1.807) is 0 Å². The lowest BCUT2D eigenvalue weighted by Crippen LogP contribution is -2.19. The topological polar surface area (TPSA) is 81.4 Å². The highest BCUT2D eigenvalue weighted by molar-refractivity contribution is 7.17. The summed E-state index contributed by atoms with van der Waals surface area (Å²) in [5.74, 6) is 0.820. The zero-order valence-corrected chi connectivity index (χ0v) is 15.7. The lowest BCUT2D eigenvalue weighted by molar-refractivity contribution is -0.116. The summed E-state index contributed by atoms with van der Waals surface area (Å²) in [7, 11) is 0. The third kappa shape index (κ3) is 4.43. The zero-order chi connectivity index (χ0) is 18.5. The molecule has 1 aromatic carbocycles. The second-order valence-electron chi connectivity index (χ2n) is 6.73. The second-order valence-corrected chi connectivity index (χ2v) is 7.84. The van der Waals surface area contributed by atoms with Crippen molar-refractivity contribution in [2.24, 2.45) is 11.7 Å². The van der Waals surface area contributed by atoms with Crippen LogP contribution in [0.3, 0.4) is 0 Å². The molecule has 1 aliphatic rings. The highest BCUT2D eigenvalue weighted by Gasteiger charge is 2.27. The molecule has 0 spiro atoms. The van der Waals surface area contributed by atoms with Crippen LogP contribution in [0.1, 0.15) is 47.0 Å². The summed E-state index contributed by atoms with van der Waals surface area (Å²) in [4.78, 5) is 25.3. The lowest BCUT2D eigenvalue weighted by atomic mass is 9.88. The summed E-state index contributed by atoms with van der Waals surface area (Å²) in [5, 5.41) is 3.49. The van der Waals surface area contributed by atoms with Gasteiger partial charge in [0, 0.05) is 11.3 Å². The average Bonchev–Trinajstić information content (AvgIpc) is 2.96. The molecule has 1 atom stereocenters. The summed E-state index contributed by atoms with van der Waals surface area (Å²) in [6.45, 7) is 2.68. The van der Waals surface area contributed by atoms with Crippen LogP contribution < -0.4 is 15.8 Å². The molecule has 0 saturated heterocycles. The Hall–Kier alpha value is -2.34. The van der Waals surface area contributed by atoms with Crippen LogP contribution in [0.5, 0.6) is 5.75 Å². The van der Waals surface area contributed by atoms with E-state index in [0.29, 0.717) is 35.9 Å². The molecule has 138 valence electrons. The van der Waals surface area contributed by atoms with Gasteiger partial charge in [-0.25, -0.2) is 0 Å². The van der Waals surface area contributed by atoms with E-state index in [1.165, 1.54) is 16.2 Å². The number of thiophene rings is 1. The largest absolute Gasteiger partial charge is 0.494 e. The van der Waals surface area contributed by atoms with Crippen molar-refractivity contribution < 1.29 is 14.3 Å². The van der Waals surface area contributed by atoms with E-state index in [2.05, 4.69) is 12.2 Å². The molecule has 1 aliphatic carbocycles.